The molecule has 1 aromatic carbocycles. The lowest BCUT2D eigenvalue weighted by Crippen LogP contribution is -2.49. The lowest BCUT2D eigenvalue weighted by Gasteiger charge is -2.35. The number of benzene rings is 1. The normalized spacial score (nSPS) is 15.9. The molecule has 0 radical (unpaired) electrons. The summed E-state index contributed by atoms with van der Waals surface area (Å²) >= 11 is 6.25. The molecule has 1 aliphatic rings. The highest BCUT2D eigenvalue weighted by molar-refractivity contribution is 6.33. The monoisotopic (exact) mass is 350 g/mol. The number of carbonyl (C=O) groups is 1. The number of anilines is 1. The predicted molar refractivity (Wildman–Crippen MR) is 93.7 cm³/mol. The van der Waals surface area contributed by atoms with E-state index >= 15 is 0 Å². The van der Waals surface area contributed by atoms with Crippen molar-refractivity contribution in [2.45, 2.75) is 32.9 Å². The number of nitriles is 1. The summed E-state index contributed by atoms with van der Waals surface area (Å²) in [5.41, 5.74) is 7.11. The van der Waals surface area contributed by atoms with Gasteiger partial charge in [0.2, 0.25) is 0 Å². The molecular weight excluding hydrogens is 328 g/mol. The van der Waals surface area contributed by atoms with Gasteiger partial charge in [0.25, 0.3) is 0 Å². The Kier molecular flexibility index (Phi) is 5.58. The maximum absolute atomic E-state index is 12.1. The summed E-state index contributed by atoms with van der Waals surface area (Å²) in [6, 6.07) is 5.43. The quantitative estimate of drug-likeness (QED) is 0.829. The molecule has 1 aromatic rings. The third-order valence-corrected chi connectivity index (χ3v) is 4.18. The van der Waals surface area contributed by atoms with Crippen LogP contribution in [0.4, 0.5) is 10.5 Å². The summed E-state index contributed by atoms with van der Waals surface area (Å²) < 4.78 is 5.39. The summed E-state index contributed by atoms with van der Waals surface area (Å²) in [7, 11) is 0. The van der Waals surface area contributed by atoms with Crippen molar-refractivity contribution in [3.8, 4) is 6.07 Å². The Morgan fingerprint density at radius 2 is 1.96 bits per heavy atom. The Morgan fingerprint density at radius 3 is 2.50 bits per heavy atom. The number of hydrogen-bond donors (Lipinski definition) is 1. The Hall–Kier alpha value is -1.97. The number of amides is 1. The van der Waals surface area contributed by atoms with Crippen LogP contribution in [0.25, 0.3) is 0 Å². The Bertz CT molecular complexity index is 656. The fourth-order valence-corrected chi connectivity index (χ4v) is 2.71. The lowest BCUT2D eigenvalue weighted by molar-refractivity contribution is 0.0139. The van der Waals surface area contributed by atoms with Crippen LogP contribution >= 0.6 is 11.6 Å². The minimum atomic E-state index is -0.489. The zero-order chi connectivity index (χ0) is 17.9. The van der Waals surface area contributed by atoms with Gasteiger partial charge in [-0.3, -0.25) is 4.90 Å². The molecule has 0 spiro atoms. The highest BCUT2D eigenvalue weighted by Gasteiger charge is 2.26. The molecular formula is C17H23ClN4O2. The summed E-state index contributed by atoms with van der Waals surface area (Å²) in [5.74, 6) is 0. The Labute approximate surface area is 147 Å². The van der Waals surface area contributed by atoms with Gasteiger partial charge in [0.1, 0.15) is 5.60 Å². The van der Waals surface area contributed by atoms with Crippen molar-refractivity contribution in [3.05, 3.63) is 28.3 Å². The van der Waals surface area contributed by atoms with E-state index in [0.717, 1.165) is 5.56 Å². The number of halogens is 1. The summed E-state index contributed by atoms with van der Waals surface area (Å²) in [6.45, 7) is 8.79. The molecule has 0 bridgehead atoms. The van der Waals surface area contributed by atoms with Crippen LogP contribution in [0.3, 0.4) is 0 Å². The first kappa shape index (κ1) is 18.4. The maximum Gasteiger partial charge on any atom is 0.410 e. The second kappa shape index (κ2) is 7.29. The van der Waals surface area contributed by atoms with Crippen molar-refractivity contribution in [1.82, 2.24) is 9.80 Å². The number of nitrogens with two attached hydrogens (primary N) is 1. The molecule has 6 nitrogen and oxygen atoms in total. The molecule has 1 heterocycles. The second-order valence-corrected chi connectivity index (χ2v) is 7.27. The van der Waals surface area contributed by atoms with Gasteiger partial charge in [0.15, 0.2) is 0 Å². The number of carbonyl (C=O) groups excluding carboxylic acids is 1. The third-order valence-electron chi connectivity index (χ3n) is 3.72. The molecule has 0 aromatic heterocycles. The average molecular weight is 351 g/mol. The molecule has 0 saturated carbocycles. The van der Waals surface area contributed by atoms with Crippen LogP contribution in [0.5, 0.6) is 0 Å². The molecule has 1 fully saturated rings. The number of rotatable bonds is 2. The van der Waals surface area contributed by atoms with Crippen LogP contribution in [0.1, 0.15) is 31.9 Å². The zero-order valence-electron chi connectivity index (χ0n) is 14.3. The largest absolute Gasteiger partial charge is 0.444 e. The minimum Gasteiger partial charge on any atom is -0.444 e. The van der Waals surface area contributed by atoms with E-state index in [2.05, 4.69) is 11.0 Å². The number of hydrogen-bond acceptors (Lipinski definition) is 5. The van der Waals surface area contributed by atoms with Gasteiger partial charge in [-0.25, -0.2) is 4.79 Å². The molecule has 2 rings (SSSR count). The average Bonchev–Trinajstić information content (AvgIpc) is 2.50. The van der Waals surface area contributed by atoms with Gasteiger partial charge in [-0.2, -0.15) is 5.26 Å². The van der Waals surface area contributed by atoms with E-state index in [0.29, 0.717) is 49.0 Å². The first-order valence-corrected chi connectivity index (χ1v) is 8.25. The Morgan fingerprint density at radius 1 is 1.33 bits per heavy atom. The number of piperazine rings is 1. The van der Waals surface area contributed by atoms with Gasteiger partial charge in [-0.05, 0) is 38.5 Å². The third kappa shape index (κ3) is 4.76. The number of nitrogen functional groups attached to an aromatic ring is 1. The molecule has 7 heteroatoms. The number of nitrogens with zero attached hydrogens (tertiary/aromatic N) is 3. The van der Waals surface area contributed by atoms with Crippen LogP contribution in [-0.2, 0) is 11.3 Å². The van der Waals surface area contributed by atoms with Gasteiger partial charge in [0.05, 0.1) is 22.3 Å². The predicted octanol–water partition coefficient (Wildman–Crippen LogP) is 2.85. The zero-order valence-corrected chi connectivity index (χ0v) is 15.1. The van der Waals surface area contributed by atoms with Gasteiger partial charge in [-0.1, -0.05) is 11.6 Å². The van der Waals surface area contributed by atoms with Crippen LogP contribution in [0.2, 0.25) is 5.02 Å². The lowest BCUT2D eigenvalue weighted by atomic mass is 10.1. The van der Waals surface area contributed by atoms with E-state index in [4.69, 9.17) is 27.3 Å². The van der Waals surface area contributed by atoms with Gasteiger partial charge < -0.3 is 15.4 Å². The highest BCUT2D eigenvalue weighted by Crippen LogP contribution is 2.26. The molecule has 1 saturated heterocycles. The van der Waals surface area contributed by atoms with Crippen molar-refractivity contribution in [1.29, 1.82) is 5.26 Å². The minimum absolute atomic E-state index is 0.282. The molecule has 1 amide bonds. The standard InChI is InChI=1S/C17H23ClN4O2/c1-17(2,3)24-16(23)22-6-4-21(5-7-22)11-13-8-12(10-19)9-14(20)15(13)18/h8-9H,4-7,11,20H2,1-3H3. The van der Waals surface area contributed by atoms with Crippen molar-refractivity contribution in [3.63, 3.8) is 0 Å². The van der Waals surface area contributed by atoms with Crippen LogP contribution in [0.15, 0.2) is 12.1 Å². The summed E-state index contributed by atoms with van der Waals surface area (Å²) in [5, 5.41) is 9.54. The van der Waals surface area contributed by atoms with E-state index in [1.807, 2.05) is 20.8 Å². The number of ether oxygens (including phenoxy) is 1. The van der Waals surface area contributed by atoms with E-state index in [1.54, 1.807) is 17.0 Å². The fourth-order valence-electron chi connectivity index (χ4n) is 2.54. The van der Waals surface area contributed by atoms with E-state index in [1.165, 1.54) is 0 Å². The van der Waals surface area contributed by atoms with Gasteiger partial charge in [0, 0.05) is 32.7 Å². The van der Waals surface area contributed by atoms with Gasteiger partial charge >= 0.3 is 6.09 Å². The van der Waals surface area contributed by atoms with E-state index in [-0.39, 0.29) is 6.09 Å². The molecule has 130 valence electrons. The second-order valence-electron chi connectivity index (χ2n) is 6.89. The molecule has 0 aliphatic carbocycles. The molecule has 0 unspecified atom stereocenters. The van der Waals surface area contributed by atoms with Crippen molar-refractivity contribution in [2.75, 3.05) is 31.9 Å². The molecule has 24 heavy (non-hydrogen) atoms. The van der Waals surface area contributed by atoms with Crippen LogP contribution in [0, 0.1) is 11.3 Å². The molecule has 0 atom stereocenters. The SMILES string of the molecule is CC(C)(C)OC(=O)N1CCN(Cc2cc(C#N)cc(N)c2Cl)CC1. The Balaban J connectivity index is 1.96. The van der Waals surface area contributed by atoms with Crippen LogP contribution in [-0.4, -0.2) is 47.7 Å². The maximum atomic E-state index is 12.1. The first-order valence-electron chi connectivity index (χ1n) is 7.88. The van der Waals surface area contributed by atoms with Crippen molar-refractivity contribution in [2.24, 2.45) is 0 Å². The van der Waals surface area contributed by atoms with Gasteiger partial charge in [-0.15, -0.1) is 0 Å². The first-order chi connectivity index (χ1) is 11.2. The molecule has 2 N–H and O–H groups in total. The fraction of sp³-hybridized carbons (Fsp3) is 0.529. The summed E-state index contributed by atoms with van der Waals surface area (Å²) in [6.07, 6.45) is -0.282. The van der Waals surface area contributed by atoms with Crippen molar-refractivity contribution < 1.29 is 9.53 Å². The van der Waals surface area contributed by atoms with E-state index < -0.39 is 5.60 Å². The van der Waals surface area contributed by atoms with E-state index in [9.17, 15) is 4.79 Å². The topological polar surface area (TPSA) is 82.6 Å². The van der Waals surface area contributed by atoms with Crippen molar-refractivity contribution >= 4 is 23.4 Å². The smallest absolute Gasteiger partial charge is 0.410 e. The summed E-state index contributed by atoms with van der Waals surface area (Å²) in [4.78, 5) is 16.0. The van der Waals surface area contributed by atoms with Crippen LogP contribution < -0.4 is 5.73 Å². The molecule has 1 aliphatic heterocycles. The highest BCUT2D eigenvalue weighted by atomic mass is 35.5.